The lowest BCUT2D eigenvalue weighted by Crippen LogP contribution is -2.27. The molecule has 0 aliphatic carbocycles. The molecule has 0 fully saturated rings. The first-order valence-corrected chi connectivity index (χ1v) is 23.5. The van der Waals surface area contributed by atoms with Gasteiger partial charge in [0.1, 0.15) is 18.3 Å². The van der Waals surface area contributed by atoms with Crippen LogP contribution in [0.5, 0.6) is 0 Å². The Morgan fingerprint density at radius 2 is 0.864 bits per heavy atom. The predicted molar refractivity (Wildman–Crippen MR) is 235 cm³/mol. The Kier molecular flexibility index (Phi) is 39.6. The summed E-state index contributed by atoms with van der Waals surface area (Å²) < 4.78 is 51.9. The van der Waals surface area contributed by atoms with E-state index in [0.29, 0.717) is 98.7 Å². The molecular weight excluding hydrogens is 753 g/mol. The minimum Gasteiger partial charge on any atom is -0.462 e. The third-order valence-corrected chi connectivity index (χ3v) is 10.0. The Balaban J connectivity index is 2.19. The summed E-state index contributed by atoms with van der Waals surface area (Å²) in [5, 5.41) is 0. The summed E-state index contributed by atoms with van der Waals surface area (Å²) in [6.07, 6.45) is 19.1. The van der Waals surface area contributed by atoms with Gasteiger partial charge in [-0.15, -0.1) is 0 Å². The number of benzene rings is 1. The normalized spacial score (nSPS) is 13.0. The van der Waals surface area contributed by atoms with Crippen molar-refractivity contribution < 1.29 is 52.2 Å². The van der Waals surface area contributed by atoms with Gasteiger partial charge in [0.25, 0.3) is 0 Å². The molecule has 344 valence electrons. The zero-order valence-electron chi connectivity index (χ0n) is 37.9. The zero-order chi connectivity index (χ0) is 42.7. The molecule has 0 heterocycles. The monoisotopic (exact) mass is 839 g/mol. The summed E-state index contributed by atoms with van der Waals surface area (Å²) in [4.78, 5) is 24.4. The molecule has 1 aromatic carbocycles. The largest absolute Gasteiger partial charge is 0.462 e. The minimum atomic E-state index is -0.147. The molecule has 59 heavy (non-hydrogen) atoms. The second-order valence-corrected chi connectivity index (χ2v) is 15.4. The van der Waals surface area contributed by atoms with Gasteiger partial charge in [0.2, 0.25) is 0 Å². The summed E-state index contributed by atoms with van der Waals surface area (Å²) in [7, 11) is 0. The highest BCUT2D eigenvalue weighted by molar-refractivity contribution is 5.69. The Labute approximate surface area is 359 Å². The number of esters is 2. The second kappa shape index (κ2) is 42.6. The molecule has 0 saturated heterocycles. The molecule has 0 amide bonds. The van der Waals surface area contributed by atoms with Crippen LogP contribution in [0.25, 0.3) is 0 Å². The SMILES string of the molecule is CCCCC(CC)OC(=O)CCCCCCCOCC(COCCOCCOCCOCCOCc1ccccc1)OCCCCCCCC(=O)OC(CC)CCCC. The van der Waals surface area contributed by atoms with Crippen LogP contribution in [0.2, 0.25) is 0 Å². The van der Waals surface area contributed by atoms with Gasteiger partial charge in [-0.1, -0.05) is 122 Å². The van der Waals surface area contributed by atoms with Gasteiger partial charge >= 0.3 is 11.9 Å². The molecule has 11 nitrogen and oxygen atoms in total. The highest BCUT2D eigenvalue weighted by Crippen LogP contribution is 2.14. The fourth-order valence-corrected chi connectivity index (χ4v) is 6.32. The third kappa shape index (κ3) is 36.3. The summed E-state index contributed by atoms with van der Waals surface area (Å²) in [6, 6.07) is 10.1. The van der Waals surface area contributed by atoms with Gasteiger partial charge in [-0.05, 0) is 56.9 Å². The number of carbonyl (C=O) groups excluding carboxylic acids is 2. The van der Waals surface area contributed by atoms with Crippen LogP contribution in [-0.4, -0.2) is 110 Å². The van der Waals surface area contributed by atoms with Crippen molar-refractivity contribution in [3.8, 4) is 0 Å². The minimum absolute atomic E-state index is 0.0560. The van der Waals surface area contributed by atoms with Gasteiger partial charge in [-0.2, -0.15) is 0 Å². The third-order valence-electron chi connectivity index (χ3n) is 10.0. The number of ether oxygens (including phenoxy) is 9. The fraction of sp³-hybridized carbons (Fsp3) is 0.833. The maximum absolute atomic E-state index is 12.2. The lowest BCUT2D eigenvalue weighted by atomic mass is 10.1. The van der Waals surface area contributed by atoms with Crippen molar-refractivity contribution in [2.45, 2.75) is 181 Å². The van der Waals surface area contributed by atoms with E-state index in [2.05, 4.69) is 27.7 Å². The van der Waals surface area contributed by atoms with Gasteiger partial charge in [0.05, 0.1) is 72.7 Å². The summed E-state index contributed by atoms with van der Waals surface area (Å²) in [6.45, 7) is 15.4. The van der Waals surface area contributed by atoms with Crippen LogP contribution in [-0.2, 0) is 58.8 Å². The van der Waals surface area contributed by atoms with E-state index in [-0.39, 0.29) is 30.3 Å². The standard InChI is InChI=1S/C48H86O11/c1-5-9-26-44(7-3)58-47(49)28-20-13-11-15-22-30-54-41-46(57-31-23-16-12-14-21-29-48(50)59-45(8-4)27-10-6-2)42-56-39-37-53-35-33-51-32-34-52-36-38-55-40-43-24-18-17-19-25-43/h17-19,24-25,44-46H,5-16,20-23,26-42H2,1-4H3. The molecule has 11 heteroatoms. The van der Waals surface area contributed by atoms with Crippen molar-refractivity contribution >= 4 is 11.9 Å². The molecule has 0 saturated carbocycles. The van der Waals surface area contributed by atoms with Crippen LogP contribution >= 0.6 is 0 Å². The van der Waals surface area contributed by atoms with E-state index >= 15 is 0 Å². The lowest BCUT2D eigenvalue weighted by molar-refractivity contribution is -0.150. The Morgan fingerprint density at radius 3 is 1.36 bits per heavy atom. The lowest BCUT2D eigenvalue weighted by Gasteiger charge is -2.18. The van der Waals surface area contributed by atoms with Gasteiger partial charge in [-0.3, -0.25) is 9.59 Å². The van der Waals surface area contributed by atoms with Crippen LogP contribution in [0.15, 0.2) is 30.3 Å². The summed E-state index contributed by atoms with van der Waals surface area (Å²) in [5.74, 6) is -0.115. The average Bonchev–Trinajstić information content (AvgIpc) is 3.25. The van der Waals surface area contributed by atoms with Crippen molar-refractivity contribution in [2.75, 3.05) is 79.3 Å². The van der Waals surface area contributed by atoms with Crippen molar-refractivity contribution in [1.29, 1.82) is 0 Å². The number of hydrogen-bond acceptors (Lipinski definition) is 11. The van der Waals surface area contributed by atoms with Gasteiger partial charge < -0.3 is 42.6 Å². The van der Waals surface area contributed by atoms with Gasteiger partial charge in [0, 0.05) is 26.1 Å². The van der Waals surface area contributed by atoms with E-state index in [1.807, 2.05) is 30.3 Å². The molecule has 0 aliphatic rings. The molecule has 3 unspecified atom stereocenters. The summed E-state index contributed by atoms with van der Waals surface area (Å²) in [5.41, 5.74) is 1.15. The van der Waals surface area contributed by atoms with Crippen LogP contribution < -0.4 is 0 Å². The van der Waals surface area contributed by atoms with Crippen molar-refractivity contribution in [3.05, 3.63) is 35.9 Å². The maximum atomic E-state index is 12.2. The second-order valence-electron chi connectivity index (χ2n) is 15.4. The van der Waals surface area contributed by atoms with Crippen LogP contribution in [0.4, 0.5) is 0 Å². The Bertz CT molecular complexity index is 1040. The maximum Gasteiger partial charge on any atom is 0.306 e. The molecule has 0 N–H and O–H groups in total. The van der Waals surface area contributed by atoms with E-state index in [0.717, 1.165) is 121 Å². The number of rotatable bonds is 45. The highest BCUT2D eigenvalue weighted by Gasteiger charge is 2.14. The summed E-state index contributed by atoms with van der Waals surface area (Å²) >= 11 is 0. The molecule has 1 aromatic rings. The van der Waals surface area contributed by atoms with Crippen molar-refractivity contribution in [3.63, 3.8) is 0 Å². The van der Waals surface area contributed by atoms with E-state index in [9.17, 15) is 9.59 Å². The first kappa shape index (κ1) is 54.9. The first-order chi connectivity index (χ1) is 29.0. The molecule has 0 spiro atoms. The van der Waals surface area contributed by atoms with E-state index in [4.69, 9.17) is 42.6 Å². The van der Waals surface area contributed by atoms with Gasteiger partial charge in [0.15, 0.2) is 0 Å². The Morgan fingerprint density at radius 1 is 0.441 bits per heavy atom. The van der Waals surface area contributed by atoms with E-state index in [1.165, 1.54) is 0 Å². The molecule has 0 bridgehead atoms. The first-order valence-electron chi connectivity index (χ1n) is 23.5. The highest BCUT2D eigenvalue weighted by atomic mass is 16.6. The number of carbonyl (C=O) groups is 2. The molecule has 0 aliphatic heterocycles. The van der Waals surface area contributed by atoms with E-state index < -0.39 is 0 Å². The zero-order valence-corrected chi connectivity index (χ0v) is 37.9. The van der Waals surface area contributed by atoms with Crippen LogP contribution in [0.3, 0.4) is 0 Å². The van der Waals surface area contributed by atoms with Crippen molar-refractivity contribution in [1.82, 2.24) is 0 Å². The molecule has 0 aromatic heterocycles. The molecule has 1 rings (SSSR count). The Hall–Kier alpha value is -2.12. The predicted octanol–water partition coefficient (Wildman–Crippen LogP) is 10.4. The quantitative estimate of drug-likeness (QED) is 0.0461. The number of hydrogen-bond donors (Lipinski definition) is 0. The van der Waals surface area contributed by atoms with Crippen LogP contribution in [0, 0.1) is 0 Å². The average molecular weight is 839 g/mol. The molecular formula is C48H86O11. The molecule has 0 radical (unpaired) electrons. The van der Waals surface area contributed by atoms with E-state index in [1.54, 1.807) is 0 Å². The fourth-order valence-electron chi connectivity index (χ4n) is 6.32. The smallest absolute Gasteiger partial charge is 0.306 e. The molecule has 3 atom stereocenters. The van der Waals surface area contributed by atoms with Crippen LogP contribution in [0.1, 0.15) is 162 Å². The number of unbranched alkanes of at least 4 members (excludes halogenated alkanes) is 10. The topological polar surface area (TPSA) is 117 Å². The van der Waals surface area contributed by atoms with Gasteiger partial charge in [-0.25, -0.2) is 0 Å². The van der Waals surface area contributed by atoms with Crippen molar-refractivity contribution in [2.24, 2.45) is 0 Å².